The van der Waals surface area contributed by atoms with Crippen molar-refractivity contribution >= 4 is 0 Å². The second-order valence-electron chi connectivity index (χ2n) is 6.29. The minimum absolute atomic E-state index is 0.302. The molecule has 0 aromatic heterocycles. The number of rotatable bonds is 0. The normalized spacial score (nSPS) is 32.4. The van der Waals surface area contributed by atoms with Gasteiger partial charge >= 0.3 is 0 Å². The lowest BCUT2D eigenvalue weighted by atomic mass is 9.71. The van der Waals surface area contributed by atoms with E-state index in [0.29, 0.717) is 11.0 Å². The highest BCUT2D eigenvalue weighted by Crippen LogP contribution is 2.46. The first-order chi connectivity index (χ1) is 6.52. The fraction of sp³-hybridized carbons (Fsp3) is 1.00. The lowest BCUT2D eigenvalue weighted by Crippen LogP contribution is -2.41. The molecule has 14 heavy (non-hydrogen) atoms. The molecule has 0 N–H and O–H groups in total. The van der Waals surface area contributed by atoms with Gasteiger partial charge in [-0.05, 0) is 37.0 Å². The van der Waals surface area contributed by atoms with Crippen LogP contribution in [0.3, 0.4) is 0 Å². The lowest BCUT2D eigenvalue weighted by Gasteiger charge is -2.43. The molecule has 1 heteroatoms. The maximum Gasteiger partial charge on any atom is 0.0685 e. The van der Waals surface area contributed by atoms with E-state index in [9.17, 15) is 0 Å². The van der Waals surface area contributed by atoms with Gasteiger partial charge in [0.2, 0.25) is 0 Å². The van der Waals surface area contributed by atoms with Crippen molar-refractivity contribution in [3.63, 3.8) is 0 Å². The molecule has 0 aromatic rings. The smallest absolute Gasteiger partial charge is 0.0685 e. The second-order valence-corrected chi connectivity index (χ2v) is 6.29. The lowest BCUT2D eigenvalue weighted by molar-refractivity contribution is -0.110. The maximum absolute atomic E-state index is 6.05. The van der Waals surface area contributed by atoms with Crippen LogP contribution in [0.25, 0.3) is 0 Å². The van der Waals surface area contributed by atoms with E-state index >= 15 is 0 Å². The monoisotopic (exact) mass is 196 g/mol. The van der Waals surface area contributed by atoms with Gasteiger partial charge in [-0.3, -0.25) is 0 Å². The van der Waals surface area contributed by atoms with Crippen LogP contribution in [0.5, 0.6) is 0 Å². The van der Waals surface area contributed by atoms with Gasteiger partial charge in [-0.15, -0.1) is 0 Å². The van der Waals surface area contributed by atoms with Crippen molar-refractivity contribution in [1.29, 1.82) is 0 Å². The zero-order chi connectivity index (χ0) is 10.2. The Kier molecular flexibility index (Phi) is 2.63. The van der Waals surface area contributed by atoms with Crippen molar-refractivity contribution < 1.29 is 4.74 Å². The minimum atomic E-state index is 0.302. The Labute approximate surface area is 88.2 Å². The fourth-order valence-corrected chi connectivity index (χ4v) is 3.13. The third kappa shape index (κ3) is 1.98. The first-order valence-electron chi connectivity index (χ1n) is 6.16. The van der Waals surface area contributed by atoms with Crippen LogP contribution in [0, 0.1) is 11.3 Å². The molecule has 1 aliphatic carbocycles. The van der Waals surface area contributed by atoms with Gasteiger partial charge in [-0.1, -0.05) is 33.6 Å². The largest absolute Gasteiger partial charge is 0.375 e. The molecule has 1 saturated carbocycles. The summed E-state index contributed by atoms with van der Waals surface area (Å²) in [5, 5.41) is 0. The average Bonchev–Trinajstić information content (AvgIpc) is 2.52. The molecule has 1 unspecified atom stereocenters. The molecule has 0 amide bonds. The standard InChI is InChI=1S/C13H24O/c1-12(2,3)11-6-9-14-13(10-11)7-4-5-8-13/h11H,4-10H2,1-3H3. The molecular formula is C13H24O. The van der Waals surface area contributed by atoms with Crippen LogP contribution in [-0.2, 0) is 4.74 Å². The van der Waals surface area contributed by atoms with Crippen molar-refractivity contribution in [1.82, 2.24) is 0 Å². The van der Waals surface area contributed by atoms with Crippen molar-refractivity contribution in [2.75, 3.05) is 6.61 Å². The number of ether oxygens (including phenoxy) is 1. The quantitative estimate of drug-likeness (QED) is 0.573. The molecule has 1 aliphatic heterocycles. The van der Waals surface area contributed by atoms with Crippen LogP contribution in [0.1, 0.15) is 59.3 Å². The molecule has 82 valence electrons. The van der Waals surface area contributed by atoms with Gasteiger partial charge in [0.15, 0.2) is 0 Å². The molecule has 0 radical (unpaired) electrons. The van der Waals surface area contributed by atoms with Gasteiger partial charge in [-0.25, -0.2) is 0 Å². The number of hydrogen-bond donors (Lipinski definition) is 0. The average molecular weight is 196 g/mol. The van der Waals surface area contributed by atoms with Gasteiger partial charge in [0.1, 0.15) is 0 Å². The third-order valence-electron chi connectivity index (χ3n) is 4.23. The van der Waals surface area contributed by atoms with E-state index in [4.69, 9.17) is 4.74 Å². The molecule has 1 heterocycles. The summed E-state index contributed by atoms with van der Waals surface area (Å²) in [5.74, 6) is 0.870. The van der Waals surface area contributed by atoms with E-state index < -0.39 is 0 Å². The fourth-order valence-electron chi connectivity index (χ4n) is 3.13. The molecule has 1 spiro atoms. The Balaban J connectivity index is 2.03. The summed E-state index contributed by atoms with van der Waals surface area (Å²) in [5.41, 5.74) is 0.773. The second kappa shape index (κ2) is 3.52. The number of hydrogen-bond acceptors (Lipinski definition) is 1. The summed E-state index contributed by atoms with van der Waals surface area (Å²) in [6.07, 6.45) is 7.99. The van der Waals surface area contributed by atoms with Gasteiger partial charge < -0.3 is 4.74 Å². The highest BCUT2D eigenvalue weighted by Gasteiger charge is 2.42. The van der Waals surface area contributed by atoms with Gasteiger partial charge in [0.25, 0.3) is 0 Å². The summed E-state index contributed by atoms with van der Waals surface area (Å²) in [6.45, 7) is 8.14. The Morgan fingerprint density at radius 2 is 1.79 bits per heavy atom. The van der Waals surface area contributed by atoms with Gasteiger partial charge in [0.05, 0.1) is 5.60 Å². The van der Waals surface area contributed by atoms with Crippen LogP contribution in [0.15, 0.2) is 0 Å². The molecule has 0 aromatic carbocycles. The van der Waals surface area contributed by atoms with Crippen LogP contribution >= 0.6 is 0 Å². The summed E-state index contributed by atoms with van der Waals surface area (Å²) < 4.78 is 6.05. The zero-order valence-electron chi connectivity index (χ0n) is 9.94. The van der Waals surface area contributed by atoms with E-state index in [2.05, 4.69) is 20.8 Å². The maximum atomic E-state index is 6.05. The molecular weight excluding hydrogens is 172 g/mol. The Morgan fingerprint density at radius 1 is 1.14 bits per heavy atom. The van der Waals surface area contributed by atoms with E-state index in [0.717, 1.165) is 12.5 Å². The highest BCUT2D eigenvalue weighted by molar-refractivity contribution is 4.93. The Morgan fingerprint density at radius 3 is 2.36 bits per heavy atom. The predicted molar refractivity (Wildman–Crippen MR) is 59.3 cm³/mol. The van der Waals surface area contributed by atoms with Gasteiger partial charge in [0, 0.05) is 6.61 Å². The van der Waals surface area contributed by atoms with Crippen LogP contribution in [-0.4, -0.2) is 12.2 Å². The first kappa shape index (κ1) is 10.5. The molecule has 0 bridgehead atoms. The topological polar surface area (TPSA) is 9.23 Å². The van der Waals surface area contributed by atoms with Crippen LogP contribution in [0.4, 0.5) is 0 Å². The minimum Gasteiger partial charge on any atom is -0.375 e. The zero-order valence-corrected chi connectivity index (χ0v) is 9.94. The summed E-state index contributed by atoms with van der Waals surface area (Å²) in [7, 11) is 0. The van der Waals surface area contributed by atoms with E-state index in [1.165, 1.54) is 38.5 Å². The van der Waals surface area contributed by atoms with Crippen LogP contribution in [0.2, 0.25) is 0 Å². The Bertz CT molecular complexity index is 196. The highest BCUT2D eigenvalue weighted by atomic mass is 16.5. The molecule has 1 saturated heterocycles. The van der Waals surface area contributed by atoms with Crippen LogP contribution < -0.4 is 0 Å². The summed E-state index contributed by atoms with van der Waals surface area (Å²) in [4.78, 5) is 0. The van der Waals surface area contributed by atoms with E-state index in [1.54, 1.807) is 0 Å². The molecule has 2 rings (SSSR count). The third-order valence-corrected chi connectivity index (χ3v) is 4.23. The molecule has 2 aliphatic rings. The summed E-state index contributed by atoms with van der Waals surface area (Å²) >= 11 is 0. The first-order valence-corrected chi connectivity index (χ1v) is 6.16. The molecule has 2 fully saturated rings. The van der Waals surface area contributed by atoms with Gasteiger partial charge in [-0.2, -0.15) is 0 Å². The Hall–Kier alpha value is -0.0400. The molecule has 1 nitrogen and oxygen atoms in total. The van der Waals surface area contributed by atoms with E-state index in [-0.39, 0.29) is 0 Å². The molecule has 1 atom stereocenters. The van der Waals surface area contributed by atoms with Crippen molar-refractivity contribution in [3.8, 4) is 0 Å². The SMILES string of the molecule is CC(C)(C)C1CCOC2(CCCC2)C1. The predicted octanol–water partition coefficient (Wildman–Crippen LogP) is 3.77. The van der Waals surface area contributed by atoms with Crippen molar-refractivity contribution in [3.05, 3.63) is 0 Å². The summed E-state index contributed by atoms with van der Waals surface area (Å²) in [6, 6.07) is 0. The van der Waals surface area contributed by atoms with E-state index in [1.807, 2.05) is 0 Å². The van der Waals surface area contributed by atoms with Crippen molar-refractivity contribution in [2.24, 2.45) is 11.3 Å². The van der Waals surface area contributed by atoms with Crippen molar-refractivity contribution in [2.45, 2.75) is 64.9 Å².